The van der Waals surface area contributed by atoms with Crippen molar-refractivity contribution in [3.63, 3.8) is 0 Å². The number of aryl methyl sites for hydroxylation is 2. The molecule has 0 aromatic heterocycles. The fourth-order valence-corrected chi connectivity index (χ4v) is 12.3. The number of benzene rings is 3. The fraction of sp³-hybridized carbons (Fsp3) is 0.377. The third-order valence-electron chi connectivity index (χ3n) is 14.8. The summed E-state index contributed by atoms with van der Waals surface area (Å²) in [6.45, 7) is 8.70. The minimum atomic E-state index is -4.74. The van der Waals surface area contributed by atoms with E-state index in [-0.39, 0.29) is 70.3 Å². The monoisotopic (exact) mass is 1170 g/mol. The minimum Gasteiger partial charge on any atom is -0.497 e. The third-order valence-corrected chi connectivity index (χ3v) is 18.7. The molecule has 0 spiro atoms. The van der Waals surface area contributed by atoms with E-state index in [4.69, 9.17) is 20.1 Å². The normalized spacial score (nSPS) is 21.6. The van der Waals surface area contributed by atoms with Crippen LogP contribution < -0.4 is 4.74 Å². The molecule has 2 heterocycles. The number of hydrogen-bond acceptors (Lipinski definition) is 19. The molecule has 5 aliphatic rings. The summed E-state index contributed by atoms with van der Waals surface area (Å²) in [6.07, 6.45) is 12.4. The first-order valence-electron chi connectivity index (χ1n) is 25.3. The number of fused-ring (bicyclic) bond motifs is 2. The van der Waals surface area contributed by atoms with Gasteiger partial charge in [-0.15, -0.1) is 10.2 Å². The number of rotatable bonds is 20. The molecule has 3 aliphatic carbocycles. The number of likely N-dealkylation sites (N-methyl/N-ethyl adjacent to an activating group) is 1. The summed E-state index contributed by atoms with van der Waals surface area (Å²) >= 11 is 0. The topological polar surface area (TPSA) is 351 Å². The van der Waals surface area contributed by atoms with Crippen molar-refractivity contribution in [1.82, 2.24) is 9.80 Å². The van der Waals surface area contributed by atoms with Crippen LogP contribution >= 0.6 is 0 Å². The first-order chi connectivity index (χ1) is 37.5. The molecule has 0 saturated heterocycles. The van der Waals surface area contributed by atoms with E-state index in [1.54, 1.807) is 50.1 Å². The highest BCUT2D eigenvalue weighted by atomic mass is 32.2. The smallest absolute Gasteiger partial charge is 0.296 e. The molecule has 8 rings (SSSR count). The lowest BCUT2D eigenvalue weighted by Crippen LogP contribution is -2.35. The molecule has 3 unspecified atom stereocenters. The Bertz CT molecular complexity index is 3910. The second-order valence-electron chi connectivity index (χ2n) is 20.2. The number of allylic oxidation sites excluding steroid dienone is 6. The van der Waals surface area contributed by atoms with E-state index in [1.165, 1.54) is 55.4 Å². The number of azo groups is 3. The van der Waals surface area contributed by atoms with Gasteiger partial charge in [0.2, 0.25) is 5.88 Å². The van der Waals surface area contributed by atoms with Crippen molar-refractivity contribution in [1.29, 1.82) is 5.26 Å². The van der Waals surface area contributed by atoms with Crippen molar-refractivity contribution in [2.45, 2.75) is 101 Å². The summed E-state index contributed by atoms with van der Waals surface area (Å²) in [5.41, 5.74) is 6.24. The van der Waals surface area contributed by atoms with Gasteiger partial charge >= 0.3 is 0 Å². The zero-order valence-corrected chi connectivity index (χ0v) is 47.6. The maximum absolute atomic E-state index is 12.5. The molecular weight excluding hydrogens is 1110 g/mol. The van der Waals surface area contributed by atoms with Crippen molar-refractivity contribution >= 4 is 68.9 Å². The Morgan fingerprint density at radius 2 is 1.32 bits per heavy atom. The molecular formula is C53H59N9O14S4. The van der Waals surface area contributed by atoms with E-state index < -0.39 is 67.5 Å². The minimum absolute atomic E-state index is 0.0387. The van der Waals surface area contributed by atoms with Gasteiger partial charge in [-0.25, -0.2) is 0 Å². The van der Waals surface area contributed by atoms with Crippen LogP contribution in [-0.4, -0.2) is 96.7 Å². The molecule has 27 heteroatoms. The zero-order chi connectivity index (χ0) is 58.3. The Balaban J connectivity index is 1.20. The standard InChI is InChI=1S/C53H59N9O14S4/c1-7-61-30-49-41(29-54)33(4)51(52(63)62(49)48-17-19-53(5,80(73,74)75)18-16-47(48)61)60-59-46-23-32(3)44(28-40(46)38-14-12-35(38)11-9-21-78(67,68)69)57-58-45-22-31(2)43(27-39(45)36-24-34(25-36)10-8-20-77(64,65)66)56-55-42-15-13-37(76-6)26-50(42)79(70,71)72/h13,15-19,22-24,26-28,30,35-36,38,63H,7-12,14,20-21,25H2,1-6H3,(H,64,65,66)(H,67,68,69)(H,70,71,72)(H,73,74,75)/t35?,36-,38?,53?/m0/s1. The summed E-state index contributed by atoms with van der Waals surface area (Å²) in [5.74, 6) is -1.57. The van der Waals surface area contributed by atoms with Crippen molar-refractivity contribution < 1.29 is 61.7 Å². The van der Waals surface area contributed by atoms with Crippen LogP contribution in [0.4, 0.5) is 28.4 Å². The molecule has 23 nitrogen and oxygen atoms in total. The molecule has 424 valence electrons. The number of aliphatic hydroxyl groups is 1. The molecule has 5 N–H and O–H groups in total. The Labute approximate surface area is 464 Å². The molecule has 1 saturated carbocycles. The van der Waals surface area contributed by atoms with Crippen LogP contribution in [0.1, 0.15) is 99.8 Å². The molecule has 3 aromatic carbocycles. The van der Waals surface area contributed by atoms with E-state index in [0.717, 1.165) is 18.1 Å². The van der Waals surface area contributed by atoms with Crippen LogP contribution in [0, 0.1) is 31.1 Å². The zero-order valence-electron chi connectivity index (χ0n) is 44.4. The van der Waals surface area contributed by atoms with E-state index in [2.05, 4.69) is 21.4 Å². The van der Waals surface area contributed by atoms with Gasteiger partial charge in [0.1, 0.15) is 27.1 Å². The number of nitrogens with zero attached hydrogens (tertiary/aromatic N) is 9. The fourth-order valence-electron chi connectivity index (χ4n) is 10.1. The van der Waals surface area contributed by atoms with Crippen molar-refractivity contribution in [3.8, 4) is 11.8 Å². The average molecular weight is 1170 g/mol. The molecule has 1 fully saturated rings. The lowest BCUT2D eigenvalue weighted by Gasteiger charge is -2.39. The quantitative estimate of drug-likeness (QED) is 0.0398. The lowest BCUT2D eigenvalue weighted by molar-refractivity contribution is 0.237. The van der Waals surface area contributed by atoms with E-state index >= 15 is 0 Å². The predicted octanol–water partition coefficient (Wildman–Crippen LogP) is 11.8. The Hall–Kier alpha value is -7.03. The number of hydrogen-bond donors (Lipinski definition) is 5. The summed E-state index contributed by atoms with van der Waals surface area (Å²) in [6, 6.07) is 13.2. The van der Waals surface area contributed by atoms with Gasteiger partial charge in [0.15, 0.2) is 5.70 Å². The van der Waals surface area contributed by atoms with Crippen molar-refractivity contribution in [3.05, 3.63) is 147 Å². The van der Waals surface area contributed by atoms with E-state index in [0.29, 0.717) is 82.9 Å². The highest BCUT2D eigenvalue weighted by molar-refractivity contribution is 7.87. The van der Waals surface area contributed by atoms with Gasteiger partial charge in [-0.1, -0.05) is 23.8 Å². The predicted molar refractivity (Wildman–Crippen MR) is 296 cm³/mol. The number of nitriles is 1. The SMILES string of the molecule is CCN1C=C2C(C#N)=C(C)C(N=Nc3cc(C)c(N=Nc4cc(C)c(N=Nc5ccc(OC)cc5S(=O)(=O)O)cc4[C@H]4C=C(CCCS(=O)(=O)O)C4)cc3C3CCC3CCCS(=O)(=O)O)=C(O)N2C2=C1C=CC(C)(S(=O)(=O)O)C=C2. The molecule has 0 amide bonds. The van der Waals surface area contributed by atoms with Crippen molar-refractivity contribution in [2.24, 2.45) is 36.6 Å². The summed E-state index contributed by atoms with van der Waals surface area (Å²) in [4.78, 5) is 2.63. The number of ether oxygens (including phenoxy) is 1. The van der Waals surface area contributed by atoms with Crippen LogP contribution in [0.15, 0.2) is 160 Å². The van der Waals surface area contributed by atoms with Crippen LogP contribution in [0.25, 0.3) is 0 Å². The number of methoxy groups -OCH3 is 1. The highest BCUT2D eigenvalue weighted by Crippen LogP contribution is 2.51. The summed E-state index contributed by atoms with van der Waals surface area (Å²) in [7, 11) is -16.4. The first kappa shape index (κ1) is 59.1. The van der Waals surface area contributed by atoms with Gasteiger partial charge < -0.3 is 14.7 Å². The van der Waals surface area contributed by atoms with Gasteiger partial charge in [-0.05, 0) is 162 Å². The molecule has 80 heavy (non-hydrogen) atoms. The maximum atomic E-state index is 12.5. The van der Waals surface area contributed by atoms with Crippen LogP contribution in [0.2, 0.25) is 0 Å². The third kappa shape index (κ3) is 12.8. The van der Waals surface area contributed by atoms with Gasteiger partial charge in [-0.3, -0.25) is 23.1 Å². The van der Waals surface area contributed by atoms with Crippen LogP contribution in [0.3, 0.4) is 0 Å². The lowest BCUT2D eigenvalue weighted by atomic mass is 9.67. The van der Waals surface area contributed by atoms with E-state index in [9.17, 15) is 62.3 Å². The van der Waals surface area contributed by atoms with Gasteiger partial charge in [-0.2, -0.15) is 59.4 Å². The molecule has 4 atom stereocenters. The van der Waals surface area contributed by atoms with Crippen LogP contribution in [-0.2, 0) is 40.5 Å². The Kier molecular flexibility index (Phi) is 16.9. The Morgan fingerprint density at radius 1 is 0.750 bits per heavy atom. The van der Waals surface area contributed by atoms with Gasteiger partial charge in [0.05, 0.1) is 64.0 Å². The van der Waals surface area contributed by atoms with Gasteiger partial charge in [0, 0.05) is 30.3 Å². The second kappa shape index (κ2) is 22.8. The maximum Gasteiger partial charge on any atom is 0.296 e. The highest BCUT2D eigenvalue weighted by Gasteiger charge is 2.41. The van der Waals surface area contributed by atoms with Crippen LogP contribution in [0.5, 0.6) is 5.75 Å². The molecule has 2 aliphatic heterocycles. The molecule has 3 aromatic rings. The molecule has 0 bridgehead atoms. The van der Waals surface area contributed by atoms with E-state index in [1.807, 2.05) is 19.1 Å². The van der Waals surface area contributed by atoms with Crippen molar-refractivity contribution in [2.75, 3.05) is 25.2 Å². The second-order valence-corrected chi connectivity index (χ2v) is 26.6. The summed E-state index contributed by atoms with van der Waals surface area (Å²) < 4.78 is 138. The number of aliphatic hydroxyl groups excluding tert-OH is 1. The Morgan fingerprint density at radius 3 is 1.89 bits per heavy atom. The average Bonchev–Trinajstić information content (AvgIpc) is 3.54. The summed E-state index contributed by atoms with van der Waals surface area (Å²) in [5, 5.41) is 50.2. The molecule has 0 radical (unpaired) electrons. The first-order valence-corrected chi connectivity index (χ1v) is 31.4. The largest absolute Gasteiger partial charge is 0.497 e. The van der Waals surface area contributed by atoms with Gasteiger partial charge in [0.25, 0.3) is 40.5 Å².